The third kappa shape index (κ3) is 24.0. The van der Waals surface area contributed by atoms with Crippen molar-refractivity contribution in [2.24, 2.45) is 27.1 Å². The van der Waals surface area contributed by atoms with Gasteiger partial charge in [0.15, 0.2) is 0 Å². The number of aromatic nitrogens is 5. The highest BCUT2D eigenvalue weighted by Gasteiger charge is 2.28. The van der Waals surface area contributed by atoms with Crippen LogP contribution < -0.4 is 24.5 Å². The molecule has 13 nitrogen and oxygen atoms in total. The lowest BCUT2D eigenvalue weighted by Gasteiger charge is -2.33. The molecule has 5 atom stereocenters. The number of likely N-dealkylation sites (N-methyl/N-ethyl adjacent to an activating group) is 3. The summed E-state index contributed by atoms with van der Waals surface area (Å²) in [4.78, 5) is 42.4. The van der Waals surface area contributed by atoms with E-state index >= 15 is 0 Å². The average Bonchev–Trinajstić information content (AvgIpc) is 1.11. The van der Waals surface area contributed by atoms with Gasteiger partial charge in [-0.1, -0.05) is 169 Å². The topological polar surface area (TPSA) is 90.4 Å². The van der Waals surface area contributed by atoms with E-state index in [9.17, 15) is 0 Å². The number of anilines is 5. The summed E-state index contributed by atoms with van der Waals surface area (Å²) in [6, 6.07) is 22.2. The lowest BCUT2D eigenvalue weighted by molar-refractivity contribution is 0.312. The summed E-state index contributed by atoms with van der Waals surface area (Å²) in [6.07, 6.45) is 18.3. The monoisotopic (exact) mass is 1280 g/mol. The minimum atomic E-state index is 0.289. The van der Waals surface area contributed by atoms with E-state index in [4.69, 9.17) is 0 Å². The summed E-state index contributed by atoms with van der Waals surface area (Å²) in [7, 11) is 6.54. The maximum atomic E-state index is 4.67. The average molecular weight is 1280 g/mol. The van der Waals surface area contributed by atoms with Gasteiger partial charge in [0.25, 0.3) is 0 Å². The third-order valence-corrected chi connectivity index (χ3v) is 21.7. The van der Waals surface area contributed by atoms with Crippen LogP contribution in [0.15, 0.2) is 91.6 Å². The first-order valence-electron chi connectivity index (χ1n) is 36.2. The zero-order valence-electron chi connectivity index (χ0n) is 63.4. The highest BCUT2D eigenvalue weighted by atomic mass is 15.3. The Hall–Kier alpha value is -5.37. The van der Waals surface area contributed by atoms with E-state index < -0.39 is 0 Å². The van der Waals surface area contributed by atoms with E-state index in [1.165, 1.54) is 92.5 Å². The molecule has 518 valence electrons. The molecule has 5 aliphatic rings. The zero-order valence-corrected chi connectivity index (χ0v) is 63.4. The molecule has 0 radical (unpaired) electrons. The summed E-state index contributed by atoms with van der Waals surface area (Å²) in [5.74, 6) is 8.35. The zero-order chi connectivity index (χ0) is 68.5. The molecule has 0 spiro atoms. The Morgan fingerprint density at radius 1 is 0.237 bits per heavy atom. The van der Waals surface area contributed by atoms with Crippen molar-refractivity contribution in [3.05, 3.63) is 119 Å². The number of rotatable bonds is 10. The van der Waals surface area contributed by atoms with Crippen molar-refractivity contribution in [2.75, 3.05) is 150 Å². The summed E-state index contributed by atoms with van der Waals surface area (Å²) in [6.45, 7) is 63.6. The second kappa shape index (κ2) is 34.5. The van der Waals surface area contributed by atoms with Gasteiger partial charge >= 0.3 is 0 Å². The SMILES string of the molecule is CC(c1ccc(N2CCCCC2)nc1)C(C)(C)C.CC(c1ccc(N2CCN(C)CC2)nc1)C(C)(C)C.C[C@@H](c1ccc(N2CCN(C)CC2)nc1)C(C)(C)C.C[C@H](c1ccc(N2CCCCC2)nc1)C(C)(C)C.C[C@H](c1ccc(N2CCN(C)CC2)nc1)C(C)(C)C. The number of hydrogen-bond acceptors (Lipinski definition) is 13. The smallest absolute Gasteiger partial charge is 0.128 e. The lowest BCUT2D eigenvalue weighted by atomic mass is 9.78. The number of pyridine rings is 5. The molecule has 10 heterocycles. The van der Waals surface area contributed by atoms with Crippen LogP contribution in [0.25, 0.3) is 0 Å². The normalized spacial score (nSPS) is 19.2. The quantitative estimate of drug-likeness (QED) is 0.133. The molecule has 5 aromatic heterocycles. The summed E-state index contributed by atoms with van der Waals surface area (Å²) in [5.41, 5.74) is 8.18. The van der Waals surface area contributed by atoms with Gasteiger partial charge in [-0.3, -0.25) is 0 Å². The molecule has 13 heteroatoms. The van der Waals surface area contributed by atoms with Crippen molar-refractivity contribution in [2.45, 2.75) is 207 Å². The minimum absolute atomic E-state index is 0.289. The molecule has 93 heavy (non-hydrogen) atoms. The van der Waals surface area contributed by atoms with Crippen molar-refractivity contribution < 1.29 is 0 Å². The van der Waals surface area contributed by atoms with Crippen molar-refractivity contribution >= 4 is 29.1 Å². The Balaban J connectivity index is 0.000000184. The Morgan fingerprint density at radius 3 is 0.538 bits per heavy atom. The van der Waals surface area contributed by atoms with Crippen LogP contribution in [-0.2, 0) is 0 Å². The minimum Gasteiger partial charge on any atom is -0.357 e. The molecule has 0 amide bonds. The van der Waals surface area contributed by atoms with Crippen LogP contribution in [0.3, 0.4) is 0 Å². The Bertz CT molecular complexity index is 2590. The standard InChI is InChI=1S/3C16H27N3.2C16H26N2/c3*1-13(16(2,3)4)14-6-7-15(17-12-14)19-10-8-18(5)9-11-19;2*1-13(16(2,3)4)14-8-9-15(17-12-14)18-10-6-5-7-11-18/h3*6-7,12-13H,8-11H2,1-5H3;2*8-9,12-13H,5-7,10-11H2,1-4H3/t2*13-;;13-;/m10.1./s1. The Morgan fingerprint density at radius 2 is 0.398 bits per heavy atom. The summed E-state index contributed by atoms with van der Waals surface area (Å²) in [5, 5.41) is 0. The molecule has 0 bridgehead atoms. The summed E-state index contributed by atoms with van der Waals surface area (Å²) >= 11 is 0. The van der Waals surface area contributed by atoms with Crippen LogP contribution in [0.2, 0.25) is 0 Å². The van der Waals surface area contributed by atoms with Crippen molar-refractivity contribution in [3.8, 4) is 0 Å². The highest BCUT2D eigenvalue weighted by Crippen LogP contribution is 2.39. The van der Waals surface area contributed by atoms with Gasteiger partial charge in [0.2, 0.25) is 0 Å². The van der Waals surface area contributed by atoms with Crippen LogP contribution in [0, 0.1) is 27.1 Å². The van der Waals surface area contributed by atoms with Crippen LogP contribution in [-0.4, -0.2) is 165 Å². The predicted molar refractivity (Wildman–Crippen MR) is 402 cm³/mol. The van der Waals surface area contributed by atoms with E-state index in [0.29, 0.717) is 40.4 Å². The van der Waals surface area contributed by atoms with Gasteiger partial charge in [-0.25, -0.2) is 24.9 Å². The molecule has 0 N–H and O–H groups in total. The molecule has 10 rings (SSSR count). The van der Waals surface area contributed by atoms with Gasteiger partial charge in [-0.05, 0) is 174 Å². The van der Waals surface area contributed by atoms with E-state index in [2.05, 4.69) is 315 Å². The maximum absolute atomic E-state index is 4.67. The summed E-state index contributed by atoms with van der Waals surface area (Å²) < 4.78 is 0. The van der Waals surface area contributed by atoms with Gasteiger partial charge in [0.05, 0.1) is 0 Å². The first-order valence-corrected chi connectivity index (χ1v) is 36.2. The van der Waals surface area contributed by atoms with Gasteiger partial charge in [0, 0.05) is 136 Å². The van der Waals surface area contributed by atoms with E-state index in [-0.39, 0.29) is 16.2 Å². The largest absolute Gasteiger partial charge is 0.357 e. The van der Waals surface area contributed by atoms with Crippen LogP contribution >= 0.6 is 0 Å². The molecule has 5 fully saturated rings. The van der Waals surface area contributed by atoms with Crippen LogP contribution in [0.4, 0.5) is 29.1 Å². The number of hydrogen-bond donors (Lipinski definition) is 0. The Labute approximate surface area is 569 Å². The van der Waals surface area contributed by atoms with Gasteiger partial charge in [-0.15, -0.1) is 0 Å². The molecular weight excluding hydrogens is 1140 g/mol. The van der Waals surface area contributed by atoms with Crippen LogP contribution in [0.5, 0.6) is 0 Å². The van der Waals surface area contributed by atoms with Crippen LogP contribution in [0.1, 0.15) is 234 Å². The van der Waals surface area contributed by atoms with E-state index in [1.54, 1.807) is 0 Å². The fourth-order valence-electron chi connectivity index (χ4n) is 12.1. The predicted octanol–water partition coefficient (Wildman–Crippen LogP) is 17.4. The molecule has 5 aromatic rings. The van der Waals surface area contributed by atoms with Gasteiger partial charge in [0.1, 0.15) is 29.1 Å². The second-order valence-electron chi connectivity index (χ2n) is 33.7. The second-order valence-corrected chi connectivity index (χ2v) is 33.7. The van der Waals surface area contributed by atoms with Crippen molar-refractivity contribution in [3.63, 3.8) is 0 Å². The molecule has 0 aromatic carbocycles. The Kier molecular flexibility index (Phi) is 28.5. The maximum Gasteiger partial charge on any atom is 0.128 e. The van der Waals surface area contributed by atoms with Crippen molar-refractivity contribution in [1.29, 1.82) is 0 Å². The highest BCUT2D eigenvalue weighted by molar-refractivity contribution is 5.44. The molecule has 5 aliphatic heterocycles. The van der Waals surface area contributed by atoms with Gasteiger partial charge in [-0.2, -0.15) is 0 Å². The third-order valence-electron chi connectivity index (χ3n) is 21.7. The first kappa shape index (κ1) is 76.6. The van der Waals surface area contributed by atoms with Crippen molar-refractivity contribution in [1.82, 2.24) is 39.6 Å². The van der Waals surface area contributed by atoms with E-state index in [1.807, 2.05) is 0 Å². The fraction of sp³-hybridized carbons (Fsp3) is 0.688. The molecule has 0 aliphatic carbocycles. The molecule has 2 unspecified atom stereocenters. The number of nitrogens with zero attached hydrogens (tertiary/aromatic N) is 13. The molecular formula is C80H133N13. The fourth-order valence-corrected chi connectivity index (χ4v) is 12.1. The molecule has 5 saturated heterocycles. The molecule has 0 saturated carbocycles. The number of piperazine rings is 3. The first-order chi connectivity index (χ1) is 43.6. The van der Waals surface area contributed by atoms with Gasteiger partial charge < -0.3 is 39.2 Å². The van der Waals surface area contributed by atoms with E-state index in [0.717, 1.165) is 108 Å². The number of piperidine rings is 2. The lowest BCUT2D eigenvalue weighted by Crippen LogP contribution is -2.44.